The fourth-order valence-electron chi connectivity index (χ4n) is 1.64. The lowest BCUT2D eigenvalue weighted by molar-refractivity contribution is -0.143. The maximum atomic E-state index is 11.9. The number of carbonyl (C=O) groups excluding carboxylic acids is 2. The molecule has 1 aliphatic rings. The Morgan fingerprint density at radius 3 is 2.80 bits per heavy atom. The van der Waals surface area contributed by atoms with Crippen LogP contribution in [-0.4, -0.2) is 41.9 Å². The van der Waals surface area contributed by atoms with Gasteiger partial charge in [-0.15, -0.1) is 0 Å². The molecule has 1 N–H and O–H groups in total. The third-order valence-corrected chi connectivity index (χ3v) is 2.80. The van der Waals surface area contributed by atoms with Gasteiger partial charge in [-0.1, -0.05) is 28.4 Å². The largest absolute Gasteiger partial charge is 0.343 e. The first kappa shape index (κ1) is 12.2. The Hall–Kier alpha value is -0.890. The first-order valence-corrected chi connectivity index (χ1v) is 6.31. The molecule has 0 spiro atoms. The number of piperazine rings is 1. The highest BCUT2D eigenvalue weighted by atomic mass is 31.1. The molecule has 1 saturated heterocycles. The smallest absolute Gasteiger partial charge is 0.246 e. The zero-order valence-electron chi connectivity index (χ0n) is 9.19. The number of rotatable bonds is 4. The molecule has 0 aromatic rings. The van der Waals surface area contributed by atoms with Gasteiger partial charge in [0.15, 0.2) is 0 Å². The van der Waals surface area contributed by atoms with Crippen LogP contribution in [0, 0.1) is 5.92 Å². The van der Waals surface area contributed by atoms with E-state index in [2.05, 4.69) is 11.6 Å². The number of hydrogen-bond acceptors (Lipinski definition) is 2. The van der Waals surface area contributed by atoms with Crippen molar-refractivity contribution in [2.24, 2.45) is 5.92 Å². The number of nitrogens with zero attached hydrogens (tertiary/aromatic N) is 1. The van der Waals surface area contributed by atoms with E-state index >= 15 is 0 Å². The predicted molar refractivity (Wildman–Crippen MR) is 62.0 cm³/mol. The predicted octanol–water partition coefficient (Wildman–Crippen LogP) is 0.695. The maximum absolute atomic E-state index is 11.9. The lowest BCUT2D eigenvalue weighted by Crippen LogP contribution is -2.57. The van der Waals surface area contributed by atoms with Gasteiger partial charge in [0.2, 0.25) is 11.8 Å². The van der Waals surface area contributed by atoms with Crippen LogP contribution in [0.3, 0.4) is 0 Å². The minimum Gasteiger partial charge on any atom is -0.343 e. The van der Waals surface area contributed by atoms with Gasteiger partial charge < -0.3 is 10.2 Å². The van der Waals surface area contributed by atoms with Gasteiger partial charge in [-0.3, -0.25) is 9.59 Å². The van der Waals surface area contributed by atoms with Gasteiger partial charge in [-0.2, -0.15) is 0 Å². The Morgan fingerprint density at radius 1 is 1.60 bits per heavy atom. The van der Waals surface area contributed by atoms with Crippen molar-refractivity contribution in [2.45, 2.75) is 26.3 Å². The molecule has 2 amide bonds. The van der Waals surface area contributed by atoms with E-state index < -0.39 is 0 Å². The van der Waals surface area contributed by atoms with Crippen molar-refractivity contribution in [3.8, 4) is 0 Å². The fourth-order valence-corrected chi connectivity index (χ4v) is 2.13. The summed E-state index contributed by atoms with van der Waals surface area (Å²) >= 11 is 0. The molecular weight excluding hydrogens is 211 g/mol. The molecule has 1 rings (SSSR count). The van der Waals surface area contributed by atoms with Crippen LogP contribution in [0.5, 0.6) is 0 Å². The maximum Gasteiger partial charge on any atom is 0.246 e. The van der Waals surface area contributed by atoms with Gasteiger partial charge >= 0.3 is 0 Å². The van der Waals surface area contributed by atoms with Gasteiger partial charge in [-0.05, 0) is 12.3 Å². The molecule has 1 heterocycles. The Kier molecular flexibility index (Phi) is 4.28. The Balaban J connectivity index is 2.67. The number of amides is 2. The molecule has 4 nitrogen and oxygen atoms in total. The zero-order chi connectivity index (χ0) is 11.4. The van der Waals surface area contributed by atoms with Crippen LogP contribution in [0.1, 0.15) is 20.3 Å². The summed E-state index contributed by atoms with van der Waals surface area (Å²) in [6, 6.07) is -0.340. The van der Waals surface area contributed by atoms with Crippen molar-refractivity contribution in [3.63, 3.8) is 0 Å². The molecule has 0 aliphatic carbocycles. The van der Waals surface area contributed by atoms with Crippen LogP contribution in [0.15, 0.2) is 0 Å². The number of nitrogens with one attached hydrogen (secondary N) is 1. The standard InChI is InChI=1S/C10H17N2O2P/c1-7(2)4-8-10(14)12(6-15-3)5-9(13)11-8/h7-8H,3-6H2,1-2H3,(H,11,13)/t8-/m0/s1. The minimum atomic E-state index is -0.340. The molecule has 15 heavy (non-hydrogen) atoms. The summed E-state index contributed by atoms with van der Waals surface area (Å²) in [6.07, 6.45) is 4.92. The molecule has 84 valence electrons. The lowest BCUT2D eigenvalue weighted by atomic mass is 10.0. The Bertz CT molecular complexity index is 279. The third-order valence-electron chi connectivity index (χ3n) is 2.26. The summed E-state index contributed by atoms with van der Waals surface area (Å²) < 4.78 is 0. The quantitative estimate of drug-likeness (QED) is 0.720. The summed E-state index contributed by atoms with van der Waals surface area (Å²) in [7, 11) is 0.867. The number of carbonyl (C=O) groups is 2. The topological polar surface area (TPSA) is 49.4 Å². The van der Waals surface area contributed by atoms with Crippen molar-refractivity contribution < 1.29 is 9.59 Å². The SMILES string of the molecule is C=PCN1CC(=O)N[C@@H](CC(C)C)C1=O. The van der Waals surface area contributed by atoms with E-state index in [1.54, 1.807) is 4.90 Å². The van der Waals surface area contributed by atoms with Crippen molar-refractivity contribution >= 4 is 26.3 Å². The highest BCUT2D eigenvalue weighted by Crippen LogP contribution is 2.13. The van der Waals surface area contributed by atoms with E-state index in [0.717, 1.165) is 8.20 Å². The molecule has 1 atom stereocenters. The van der Waals surface area contributed by atoms with Crippen LogP contribution < -0.4 is 5.32 Å². The highest BCUT2D eigenvalue weighted by Gasteiger charge is 2.32. The molecule has 0 radical (unpaired) electrons. The van der Waals surface area contributed by atoms with Crippen molar-refractivity contribution in [2.75, 3.05) is 12.8 Å². The zero-order valence-corrected chi connectivity index (χ0v) is 10.1. The Morgan fingerprint density at radius 2 is 2.27 bits per heavy atom. The van der Waals surface area contributed by atoms with Gasteiger partial charge in [0.25, 0.3) is 0 Å². The highest BCUT2D eigenvalue weighted by molar-refractivity contribution is 7.36. The van der Waals surface area contributed by atoms with Crippen LogP contribution in [0.2, 0.25) is 0 Å². The lowest BCUT2D eigenvalue weighted by Gasteiger charge is -2.32. The van der Waals surface area contributed by atoms with E-state index in [4.69, 9.17) is 0 Å². The molecule has 0 aromatic heterocycles. The molecule has 1 fully saturated rings. The second-order valence-corrected chi connectivity index (χ2v) is 4.88. The Labute approximate surface area is 91.8 Å². The van der Waals surface area contributed by atoms with Crippen LogP contribution in [-0.2, 0) is 9.59 Å². The molecule has 1 aliphatic heterocycles. The second kappa shape index (κ2) is 5.26. The summed E-state index contributed by atoms with van der Waals surface area (Å²) in [5, 5.41) is 2.73. The van der Waals surface area contributed by atoms with Crippen LogP contribution in [0.25, 0.3) is 0 Å². The average molecular weight is 228 g/mol. The summed E-state index contributed by atoms with van der Waals surface area (Å²) in [6.45, 7) is 4.26. The van der Waals surface area contributed by atoms with Crippen molar-refractivity contribution in [1.29, 1.82) is 0 Å². The summed E-state index contributed by atoms with van der Waals surface area (Å²) in [5.74, 6) is 0.361. The van der Waals surface area contributed by atoms with E-state index in [0.29, 0.717) is 18.6 Å². The molecule has 0 bridgehead atoms. The third kappa shape index (κ3) is 3.31. The minimum absolute atomic E-state index is 0.0273. The monoisotopic (exact) mass is 228 g/mol. The molecular formula is C10H17N2O2P. The first-order chi connectivity index (χ1) is 7.04. The van der Waals surface area contributed by atoms with E-state index in [1.165, 1.54) is 0 Å². The molecule has 5 heteroatoms. The van der Waals surface area contributed by atoms with Crippen molar-refractivity contribution in [1.82, 2.24) is 10.2 Å². The summed E-state index contributed by atoms with van der Waals surface area (Å²) in [5.41, 5.74) is 0. The average Bonchev–Trinajstić information content (AvgIpc) is 2.12. The van der Waals surface area contributed by atoms with Gasteiger partial charge in [-0.25, -0.2) is 0 Å². The van der Waals surface area contributed by atoms with E-state index in [9.17, 15) is 9.59 Å². The molecule has 0 unspecified atom stereocenters. The fraction of sp³-hybridized carbons (Fsp3) is 0.700. The molecule has 0 aromatic carbocycles. The normalized spacial score (nSPS) is 22.3. The first-order valence-electron chi connectivity index (χ1n) is 5.05. The summed E-state index contributed by atoms with van der Waals surface area (Å²) in [4.78, 5) is 24.8. The van der Waals surface area contributed by atoms with Crippen LogP contribution >= 0.6 is 8.20 Å². The van der Waals surface area contributed by atoms with Crippen molar-refractivity contribution in [3.05, 3.63) is 0 Å². The van der Waals surface area contributed by atoms with E-state index in [-0.39, 0.29) is 24.4 Å². The van der Waals surface area contributed by atoms with Gasteiger partial charge in [0.1, 0.15) is 12.6 Å². The molecule has 0 saturated carbocycles. The van der Waals surface area contributed by atoms with Gasteiger partial charge in [0.05, 0.1) is 6.29 Å². The van der Waals surface area contributed by atoms with Crippen LogP contribution in [0.4, 0.5) is 0 Å². The van der Waals surface area contributed by atoms with E-state index in [1.807, 2.05) is 13.8 Å². The number of hydrogen-bond donors (Lipinski definition) is 1. The second-order valence-electron chi connectivity index (χ2n) is 4.15. The van der Waals surface area contributed by atoms with Gasteiger partial charge in [0, 0.05) is 0 Å².